The average molecular weight is 293 g/mol. The molecule has 2 aromatic rings. The van der Waals surface area contributed by atoms with E-state index in [0.29, 0.717) is 6.54 Å². The van der Waals surface area contributed by atoms with Crippen molar-refractivity contribution in [1.29, 1.82) is 0 Å². The molecule has 3 nitrogen and oxygen atoms in total. The highest BCUT2D eigenvalue weighted by molar-refractivity contribution is 7.15. The first-order valence-corrected chi connectivity index (χ1v) is 7.65. The number of halogens is 1. The Morgan fingerprint density at radius 3 is 2.75 bits per heavy atom. The molecule has 0 spiro atoms. The van der Waals surface area contributed by atoms with Gasteiger partial charge in [-0.05, 0) is 38.5 Å². The van der Waals surface area contributed by atoms with Gasteiger partial charge in [-0.25, -0.2) is 9.37 Å². The number of hydrogen-bond acceptors (Lipinski definition) is 4. The summed E-state index contributed by atoms with van der Waals surface area (Å²) >= 11 is 1.68. The van der Waals surface area contributed by atoms with Crippen molar-refractivity contribution in [2.24, 2.45) is 0 Å². The van der Waals surface area contributed by atoms with E-state index in [-0.39, 0.29) is 5.82 Å². The van der Waals surface area contributed by atoms with Crippen molar-refractivity contribution >= 4 is 22.2 Å². The molecule has 0 amide bonds. The van der Waals surface area contributed by atoms with Gasteiger partial charge < -0.3 is 10.2 Å². The maximum atomic E-state index is 13.2. The summed E-state index contributed by atoms with van der Waals surface area (Å²) in [6.45, 7) is 8.80. The minimum absolute atomic E-state index is 0.216. The van der Waals surface area contributed by atoms with E-state index in [1.165, 1.54) is 12.1 Å². The molecule has 5 heteroatoms. The van der Waals surface area contributed by atoms with Crippen molar-refractivity contribution in [2.45, 2.75) is 27.3 Å². The Morgan fingerprint density at radius 1 is 1.30 bits per heavy atom. The van der Waals surface area contributed by atoms with Gasteiger partial charge >= 0.3 is 0 Å². The molecule has 1 N–H and O–H groups in total. The van der Waals surface area contributed by atoms with E-state index < -0.39 is 0 Å². The molecular formula is C15H20FN3S. The highest BCUT2D eigenvalue weighted by Gasteiger charge is 2.08. The predicted molar refractivity (Wildman–Crippen MR) is 84.1 cm³/mol. The molecule has 1 aromatic heterocycles. The molecular weight excluding hydrogens is 273 g/mol. The molecule has 0 aliphatic carbocycles. The Labute approximate surface area is 123 Å². The van der Waals surface area contributed by atoms with Crippen LogP contribution in [0.2, 0.25) is 0 Å². The standard InChI is InChI=1S/C15H20FN3S/c1-4-19(5-2)15-18-10-13(20-15)9-17-14-8-12(16)7-6-11(14)3/h6-8,10,17H,4-5,9H2,1-3H3. The van der Waals surface area contributed by atoms with Crippen molar-refractivity contribution in [3.05, 3.63) is 40.7 Å². The lowest BCUT2D eigenvalue weighted by Gasteiger charge is -2.16. The number of thiazole rings is 1. The zero-order valence-electron chi connectivity index (χ0n) is 12.1. The van der Waals surface area contributed by atoms with Crippen molar-refractivity contribution < 1.29 is 4.39 Å². The number of nitrogens with one attached hydrogen (secondary N) is 1. The number of aryl methyl sites for hydroxylation is 1. The van der Waals surface area contributed by atoms with Gasteiger partial charge in [-0.3, -0.25) is 0 Å². The van der Waals surface area contributed by atoms with Crippen LogP contribution in [-0.4, -0.2) is 18.1 Å². The summed E-state index contributed by atoms with van der Waals surface area (Å²) in [7, 11) is 0. The summed E-state index contributed by atoms with van der Waals surface area (Å²) in [6.07, 6.45) is 1.89. The van der Waals surface area contributed by atoms with Gasteiger partial charge in [0.1, 0.15) is 5.82 Å². The van der Waals surface area contributed by atoms with E-state index in [2.05, 4.69) is 29.0 Å². The average Bonchev–Trinajstić information content (AvgIpc) is 2.90. The Morgan fingerprint density at radius 2 is 2.05 bits per heavy atom. The van der Waals surface area contributed by atoms with Crippen LogP contribution in [0.4, 0.5) is 15.2 Å². The molecule has 0 aliphatic rings. The van der Waals surface area contributed by atoms with Crippen LogP contribution in [0.1, 0.15) is 24.3 Å². The second-order valence-corrected chi connectivity index (χ2v) is 5.69. The summed E-state index contributed by atoms with van der Waals surface area (Å²) in [5, 5.41) is 4.31. The molecule has 0 atom stereocenters. The smallest absolute Gasteiger partial charge is 0.185 e. The number of anilines is 2. The van der Waals surface area contributed by atoms with E-state index in [1.54, 1.807) is 17.4 Å². The molecule has 2 rings (SSSR count). The third-order valence-corrected chi connectivity index (χ3v) is 4.29. The molecule has 0 saturated heterocycles. The zero-order chi connectivity index (χ0) is 14.5. The third-order valence-electron chi connectivity index (χ3n) is 3.23. The number of hydrogen-bond donors (Lipinski definition) is 1. The minimum atomic E-state index is -0.216. The first-order valence-electron chi connectivity index (χ1n) is 6.83. The molecule has 0 aliphatic heterocycles. The number of aromatic nitrogens is 1. The second-order valence-electron chi connectivity index (χ2n) is 4.59. The lowest BCUT2D eigenvalue weighted by Crippen LogP contribution is -2.21. The fourth-order valence-electron chi connectivity index (χ4n) is 1.99. The maximum Gasteiger partial charge on any atom is 0.185 e. The van der Waals surface area contributed by atoms with Gasteiger partial charge in [0, 0.05) is 29.9 Å². The molecule has 0 saturated carbocycles. The molecule has 0 radical (unpaired) electrons. The molecule has 0 bridgehead atoms. The molecule has 1 aromatic carbocycles. The van der Waals surface area contributed by atoms with Crippen LogP contribution in [0.25, 0.3) is 0 Å². The Balaban J connectivity index is 2.02. The van der Waals surface area contributed by atoms with Crippen molar-refractivity contribution in [1.82, 2.24) is 4.98 Å². The maximum absolute atomic E-state index is 13.2. The van der Waals surface area contributed by atoms with E-state index >= 15 is 0 Å². The van der Waals surface area contributed by atoms with Crippen LogP contribution in [0.15, 0.2) is 24.4 Å². The van der Waals surface area contributed by atoms with E-state index in [0.717, 1.165) is 34.3 Å². The number of benzene rings is 1. The first-order chi connectivity index (χ1) is 9.63. The Kier molecular flexibility index (Phi) is 4.95. The van der Waals surface area contributed by atoms with Crippen molar-refractivity contribution in [3.63, 3.8) is 0 Å². The molecule has 1 heterocycles. The van der Waals surface area contributed by atoms with Crippen LogP contribution < -0.4 is 10.2 Å². The van der Waals surface area contributed by atoms with Crippen molar-refractivity contribution in [3.8, 4) is 0 Å². The summed E-state index contributed by atoms with van der Waals surface area (Å²) < 4.78 is 13.2. The summed E-state index contributed by atoms with van der Waals surface area (Å²) in [5.41, 5.74) is 1.88. The predicted octanol–water partition coefficient (Wildman–Crippen LogP) is 4.05. The van der Waals surface area contributed by atoms with Crippen LogP contribution in [0.5, 0.6) is 0 Å². The quantitative estimate of drug-likeness (QED) is 0.871. The largest absolute Gasteiger partial charge is 0.380 e. The van der Waals surface area contributed by atoms with E-state index in [4.69, 9.17) is 0 Å². The van der Waals surface area contributed by atoms with E-state index in [9.17, 15) is 4.39 Å². The molecule has 0 fully saturated rings. The van der Waals surface area contributed by atoms with Crippen LogP contribution in [-0.2, 0) is 6.54 Å². The lowest BCUT2D eigenvalue weighted by atomic mass is 10.2. The van der Waals surface area contributed by atoms with Gasteiger partial charge in [-0.1, -0.05) is 6.07 Å². The van der Waals surface area contributed by atoms with Gasteiger partial charge in [-0.15, -0.1) is 11.3 Å². The highest BCUT2D eigenvalue weighted by atomic mass is 32.1. The van der Waals surface area contributed by atoms with Gasteiger partial charge in [0.25, 0.3) is 0 Å². The zero-order valence-corrected chi connectivity index (χ0v) is 12.9. The number of rotatable bonds is 6. The van der Waals surface area contributed by atoms with Crippen LogP contribution in [0.3, 0.4) is 0 Å². The minimum Gasteiger partial charge on any atom is -0.380 e. The fraction of sp³-hybridized carbons (Fsp3) is 0.400. The first kappa shape index (κ1) is 14.8. The SMILES string of the molecule is CCN(CC)c1ncc(CNc2cc(F)ccc2C)s1. The summed E-state index contributed by atoms with van der Waals surface area (Å²) in [5.74, 6) is -0.216. The molecule has 108 valence electrons. The Bertz CT molecular complexity index is 564. The van der Waals surface area contributed by atoms with Gasteiger partial charge in [0.2, 0.25) is 0 Å². The van der Waals surface area contributed by atoms with Crippen molar-refractivity contribution in [2.75, 3.05) is 23.3 Å². The van der Waals surface area contributed by atoms with Gasteiger partial charge in [0.15, 0.2) is 5.13 Å². The van der Waals surface area contributed by atoms with Gasteiger partial charge in [-0.2, -0.15) is 0 Å². The summed E-state index contributed by atoms with van der Waals surface area (Å²) in [6, 6.07) is 4.79. The molecule has 20 heavy (non-hydrogen) atoms. The highest BCUT2D eigenvalue weighted by Crippen LogP contribution is 2.24. The molecule has 0 unspecified atom stereocenters. The third kappa shape index (κ3) is 3.48. The fourth-order valence-corrected chi connectivity index (χ4v) is 2.96. The topological polar surface area (TPSA) is 28.2 Å². The summed E-state index contributed by atoms with van der Waals surface area (Å²) in [4.78, 5) is 7.81. The van der Waals surface area contributed by atoms with Gasteiger partial charge in [0.05, 0.1) is 6.54 Å². The monoisotopic (exact) mass is 293 g/mol. The lowest BCUT2D eigenvalue weighted by molar-refractivity contribution is 0.628. The number of nitrogens with zero attached hydrogens (tertiary/aromatic N) is 2. The second kappa shape index (κ2) is 6.70. The normalized spacial score (nSPS) is 10.6. The van der Waals surface area contributed by atoms with E-state index in [1.807, 2.05) is 13.1 Å². The van der Waals surface area contributed by atoms with Crippen LogP contribution >= 0.6 is 11.3 Å². The van der Waals surface area contributed by atoms with Crippen LogP contribution in [0, 0.1) is 12.7 Å². The Hall–Kier alpha value is -1.62.